The molecule has 1 aliphatic heterocycles. The van der Waals surface area contributed by atoms with E-state index in [2.05, 4.69) is 15.6 Å². The van der Waals surface area contributed by atoms with Crippen LogP contribution in [0, 0.1) is 18.8 Å². The minimum Gasteiger partial charge on any atom is -0.366 e. The van der Waals surface area contributed by atoms with Gasteiger partial charge < -0.3 is 16.4 Å². The molecule has 4 N–H and O–H groups in total. The fraction of sp³-hybridized carbons (Fsp3) is 0.500. The van der Waals surface area contributed by atoms with Crippen LogP contribution in [0.25, 0.3) is 0 Å². The maximum Gasteiger partial charge on any atom is 0.252 e. The number of primary amides is 1. The predicted molar refractivity (Wildman–Crippen MR) is 64.8 cm³/mol. The van der Waals surface area contributed by atoms with E-state index in [1.807, 2.05) is 6.92 Å². The van der Waals surface area contributed by atoms with Crippen LogP contribution in [-0.4, -0.2) is 30.0 Å². The molecule has 1 amide bonds. The van der Waals surface area contributed by atoms with Crippen LogP contribution in [0.15, 0.2) is 12.3 Å². The van der Waals surface area contributed by atoms with Gasteiger partial charge in [-0.15, -0.1) is 0 Å². The monoisotopic (exact) mass is 232 g/mol. The zero-order valence-electron chi connectivity index (χ0n) is 9.73. The summed E-state index contributed by atoms with van der Waals surface area (Å²) in [5.74, 6) is 1.58. The Morgan fingerprint density at radius 3 is 2.88 bits per heavy atom. The normalized spacial score (nSPS) is 29.8. The summed E-state index contributed by atoms with van der Waals surface area (Å²) in [5.41, 5.74) is 6.79. The van der Waals surface area contributed by atoms with Crippen LogP contribution < -0.4 is 16.4 Å². The van der Waals surface area contributed by atoms with E-state index in [0.717, 1.165) is 18.7 Å². The quantitative estimate of drug-likeness (QED) is 0.691. The Bertz CT molecular complexity index is 464. The van der Waals surface area contributed by atoms with E-state index >= 15 is 0 Å². The molecule has 2 fully saturated rings. The number of fused-ring (bicyclic) bond motifs is 1. The number of nitrogens with one attached hydrogen (secondary N) is 2. The highest BCUT2D eigenvalue weighted by atomic mass is 16.1. The van der Waals surface area contributed by atoms with E-state index in [1.165, 1.54) is 0 Å². The Kier molecular flexibility index (Phi) is 2.29. The second kappa shape index (κ2) is 3.70. The number of aromatic nitrogens is 1. The van der Waals surface area contributed by atoms with Gasteiger partial charge in [0.1, 0.15) is 5.82 Å². The molecule has 2 unspecified atom stereocenters. The maximum absolute atomic E-state index is 11.4. The summed E-state index contributed by atoms with van der Waals surface area (Å²) in [6, 6.07) is 2.25. The van der Waals surface area contributed by atoms with E-state index in [0.29, 0.717) is 29.3 Å². The van der Waals surface area contributed by atoms with Gasteiger partial charge in [0.2, 0.25) is 0 Å². The number of hydrogen-bond acceptors (Lipinski definition) is 4. The van der Waals surface area contributed by atoms with Gasteiger partial charge in [-0.3, -0.25) is 4.79 Å². The lowest BCUT2D eigenvalue weighted by molar-refractivity contribution is 0.1000. The number of anilines is 1. The van der Waals surface area contributed by atoms with Gasteiger partial charge in [0.05, 0.1) is 5.56 Å². The molecule has 2 heterocycles. The molecule has 3 rings (SSSR count). The van der Waals surface area contributed by atoms with Crippen LogP contribution in [0.3, 0.4) is 0 Å². The molecule has 1 aliphatic carbocycles. The fourth-order valence-corrected chi connectivity index (χ4v) is 2.77. The SMILES string of the molecule is Cc1ccnc(NC2C3CNCC32)c1C(N)=O. The lowest BCUT2D eigenvalue weighted by Crippen LogP contribution is -2.24. The van der Waals surface area contributed by atoms with E-state index < -0.39 is 5.91 Å². The minimum atomic E-state index is -0.415. The summed E-state index contributed by atoms with van der Waals surface area (Å²) in [6.45, 7) is 3.99. The molecular weight excluding hydrogens is 216 g/mol. The van der Waals surface area contributed by atoms with Crippen molar-refractivity contribution in [2.24, 2.45) is 17.6 Å². The summed E-state index contributed by atoms with van der Waals surface area (Å²) < 4.78 is 0. The van der Waals surface area contributed by atoms with E-state index in [4.69, 9.17) is 5.73 Å². The predicted octanol–water partition coefficient (Wildman–Crippen LogP) is 0.119. The lowest BCUT2D eigenvalue weighted by Gasteiger charge is -2.12. The molecule has 17 heavy (non-hydrogen) atoms. The van der Waals surface area contributed by atoms with Crippen molar-refractivity contribution in [3.05, 3.63) is 23.4 Å². The van der Waals surface area contributed by atoms with Crippen molar-refractivity contribution < 1.29 is 4.79 Å². The average Bonchev–Trinajstić information content (AvgIpc) is 2.74. The van der Waals surface area contributed by atoms with Crippen molar-refractivity contribution in [1.29, 1.82) is 0 Å². The average molecular weight is 232 g/mol. The smallest absolute Gasteiger partial charge is 0.252 e. The van der Waals surface area contributed by atoms with Crippen LogP contribution in [0.4, 0.5) is 5.82 Å². The Hall–Kier alpha value is -1.62. The first-order chi connectivity index (χ1) is 8.18. The molecule has 1 aromatic heterocycles. The molecule has 0 aromatic carbocycles. The van der Waals surface area contributed by atoms with Gasteiger partial charge in [0.15, 0.2) is 0 Å². The molecule has 1 saturated carbocycles. The maximum atomic E-state index is 11.4. The number of amides is 1. The summed E-state index contributed by atoms with van der Waals surface area (Å²) in [5, 5.41) is 6.69. The van der Waals surface area contributed by atoms with Gasteiger partial charge in [-0.05, 0) is 30.4 Å². The highest BCUT2D eigenvalue weighted by Gasteiger charge is 2.53. The molecule has 5 nitrogen and oxygen atoms in total. The van der Waals surface area contributed by atoms with Gasteiger partial charge in [0.25, 0.3) is 5.91 Å². The number of hydrogen-bond donors (Lipinski definition) is 3. The van der Waals surface area contributed by atoms with Gasteiger partial charge in [-0.2, -0.15) is 0 Å². The summed E-state index contributed by atoms with van der Waals surface area (Å²) in [6.07, 6.45) is 1.71. The number of nitrogens with zero attached hydrogens (tertiary/aromatic N) is 1. The number of pyridine rings is 1. The number of piperidine rings is 1. The van der Waals surface area contributed by atoms with Gasteiger partial charge in [0, 0.05) is 25.3 Å². The zero-order chi connectivity index (χ0) is 12.0. The summed E-state index contributed by atoms with van der Waals surface area (Å²) in [7, 11) is 0. The number of aryl methyl sites for hydroxylation is 1. The summed E-state index contributed by atoms with van der Waals surface area (Å²) >= 11 is 0. The molecule has 0 radical (unpaired) electrons. The molecule has 2 atom stereocenters. The standard InChI is InChI=1S/C12H16N4O/c1-6-2-3-15-12(9(6)11(13)17)16-10-7-4-14-5-8(7)10/h2-3,7-8,10,14H,4-5H2,1H3,(H2,13,17)(H,15,16). The lowest BCUT2D eigenvalue weighted by atomic mass is 10.1. The fourth-order valence-electron chi connectivity index (χ4n) is 2.77. The van der Waals surface area contributed by atoms with Gasteiger partial charge in [-0.1, -0.05) is 0 Å². The van der Waals surface area contributed by atoms with Gasteiger partial charge in [-0.25, -0.2) is 4.98 Å². The second-order valence-electron chi connectivity index (χ2n) is 4.87. The molecule has 2 aliphatic rings. The van der Waals surface area contributed by atoms with E-state index in [1.54, 1.807) is 12.3 Å². The van der Waals surface area contributed by atoms with Crippen molar-refractivity contribution in [2.75, 3.05) is 18.4 Å². The van der Waals surface area contributed by atoms with E-state index in [-0.39, 0.29) is 0 Å². The van der Waals surface area contributed by atoms with Crippen molar-refractivity contribution in [3.8, 4) is 0 Å². The number of carbonyl (C=O) groups excluding carboxylic acids is 1. The van der Waals surface area contributed by atoms with E-state index in [9.17, 15) is 4.79 Å². The van der Waals surface area contributed by atoms with Crippen molar-refractivity contribution in [1.82, 2.24) is 10.3 Å². The Morgan fingerprint density at radius 2 is 2.24 bits per heavy atom. The largest absolute Gasteiger partial charge is 0.366 e. The van der Waals surface area contributed by atoms with Gasteiger partial charge >= 0.3 is 0 Å². The third kappa shape index (κ3) is 1.67. The third-order valence-electron chi connectivity index (χ3n) is 3.80. The Morgan fingerprint density at radius 1 is 1.53 bits per heavy atom. The first kappa shape index (κ1) is 10.5. The van der Waals surface area contributed by atoms with Crippen LogP contribution >= 0.6 is 0 Å². The highest BCUT2D eigenvalue weighted by Crippen LogP contribution is 2.43. The molecule has 1 saturated heterocycles. The first-order valence-corrected chi connectivity index (χ1v) is 5.91. The zero-order valence-corrected chi connectivity index (χ0v) is 9.73. The van der Waals surface area contributed by atoms with Crippen molar-refractivity contribution >= 4 is 11.7 Å². The molecule has 0 spiro atoms. The number of carbonyl (C=O) groups is 1. The number of nitrogens with two attached hydrogens (primary N) is 1. The Balaban J connectivity index is 1.83. The minimum absolute atomic E-state index is 0.415. The summed E-state index contributed by atoms with van der Waals surface area (Å²) in [4.78, 5) is 15.7. The van der Waals surface area contributed by atoms with Crippen molar-refractivity contribution in [3.63, 3.8) is 0 Å². The van der Waals surface area contributed by atoms with Crippen LogP contribution in [0.5, 0.6) is 0 Å². The third-order valence-corrected chi connectivity index (χ3v) is 3.80. The van der Waals surface area contributed by atoms with Crippen LogP contribution in [-0.2, 0) is 0 Å². The molecule has 1 aromatic rings. The van der Waals surface area contributed by atoms with Crippen molar-refractivity contribution in [2.45, 2.75) is 13.0 Å². The highest BCUT2D eigenvalue weighted by molar-refractivity contribution is 5.99. The molecule has 5 heteroatoms. The topological polar surface area (TPSA) is 80.0 Å². The molecule has 90 valence electrons. The molecular formula is C12H16N4O. The number of rotatable bonds is 3. The van der Waals surface area contributed by atoms with Crippen LogP contribution in [0.1, 0.15) is 15.9 Å². The second-order valence-corrected chi connectivity index (χ2v) is 4.87. The molecule has 0 bridgehead atoms. The van der Waals surface area contributed by atoms with Crippen LogP contribution in [0.2, 0.25) is 0 Å². The Labute approximate surface area is 99.8 Å². The first-order valence-electron chi connectivity index (χ1n) is 5.91.